The smallest absolute Gasteiger partial charge is 0.302 e. The largest absolute Gasteiger partial charge is 0.518 e. The summed E-state index contributed by atoms with van der Waals surface area (Å²) in [7, 11) is -1.72. The predicted molar refractivity (Wildman–Crippen MR) is 79.9 cm³/mol. The molecule has 0 radical (unpaired) electrons. The molecule has 3 nitrogen and oxygen atoms in total. The van der Waals surface area contributed by atoms with Gasteiger partial charge in [-0.2, -0.15) is 0 Å². The summed E-state index contributed by atoms with van der Waals surface area (Å²) in [6, 6.07) is 9.96. The van der Waals surface area contributed by atoms with E-state index < -0.39 is 8.32 Å². The van der Waals surface area contributed by atoms with Crippen molar-refractivity contribution in [3.8, 4) is 0 Å². The first-order chi connectivity index (χ1) is 9.01. The number of benzene rings is 1. The molecule has 104 valence electrons. The van der Waals surface area contributed by atoms with E-state index in [-0.39, 0.29) is 0 Å². The van der Waals surface area contributed by atoms with E-state index in [0.717, 1.165) is 5.56 Å². The summed E-state index contributed by atoms with van der Waals surface area (Å²) in [5.74, 6) is 0.435. The van der Waals surface area contributed by atoms with Crippen LogP contribution < -0.4 is 0 Å². The zero-order valence-electron chi connectivity index (χ0n) is 11.9. The Morgan fingerprint density at radius 2 is 1.89 bits per heavy atom. The summed E-state index contributed by atoms with van der Waals surface area (Å²) in [5, 5.41) is 0. The molecule has 0 bridgehead atoms. The van der Waals surface area contributed by atoms with Gasteiger partial charge in [-0.05, 0) is 25.2 Å². The van der Waals surface area contributed by atoms with Crippen molar-refractivity contribution in [1.82, 2.24) is 0 Å². The molecule has 0 aromatic heterocycles. The number of ether oxygens (including phenoxy) is 2. The Morgan fingerprint density at radius 1 is 1.21 bits per heavy atom. The standard InChI is InChI=1S/C15H22O3Si/c1-5-11-16-13-15(18-19(2,3)4)17-12-14-9-7-6-8-10-14/h5-10,13H,1,11-12H2,2-4H3/b15-13-. The Labute approximate surface area is 116 Å². The molecular weight excluding hydrogens is 256 g/mol. The lowest BCUT2D eigenvalue weighted by atomic mass is 10.2. The predicted octanol–water partition coefficient (Wildman–Crippen LogP) is 4.06. The highest BCUT2D eigenvalue weighted by Gasteiger charge is 2.19. The zero-order chi connectivity index (χ0) is 14.1. The van der Waals surface area contributed by atoms with Gasteiger partial charge in [0.1, 0.15) is 13.2 Å². The summed E-state index contributed by atoms with van der Waals surface area (Å²) >= 11 is 0. The van der Waals surface area contributed by atoms with Crippen molar-refractivity contribution in [3.63, 3.8) is 0 Å². The summed E-state index contributed by atoms with van der Waals surface area (Å²) < 4.78 is 16.8. The van der Waals surface area contributed by atoms with Crippen molar-refractivity contribution in [1.29, 1.82) is 0 Å². The van der Waals surface area contributed by atoms with Crippen LogP contribution in [0.25, 0.3) is 0 Å². The monoisotopic (exact) mass is 278 g/mol. The fraction of sp³-hybridized carbons (Fsp3) is 0.333. The second-order valence-corrected chi connectivity index (χ2v) is 9.48. The first-order valence-electron chi connectivity index (χ1n) is 6.29. The third-order valence-electron chi connectivity index (χ3n) is 2.02. The van der Waals surface area contributed by atoms with E-state index in [4.69, 9.17) is 13.9 Å². The van der Waals surface area contributed by atoms with Crippen LogP contribution in [-0.2, 0) is 20.5 Å². The Balaban J connectivity index is 2.58. The van der Waals surface area contributed by atoms with Gasteiger partial charge in [-0.3, -0.25) is 0 Å². The summed E-state index contributed by atoms with van der Waals surface area (Å²) in [5.41, 5.74) is 1.09. The molecule has 0 saturated heterocycles. The van der Waals surface area contributed by atoms with Crippen LogP contribution >= 0.6 is 0 Å². The van der Waals surface area contributed by atoms with E-state index in [1.807, 2.05) is 30.3 Å². The molecule has 0 atom stereocenters. The maximum absolute atomic E-state index is 5.82. The third-order valence-corrected chi connectivity index (χ3v) is 2.84. The second kappa shape index (κ2) is 7.69. The molecule has 0 aliphatic rings. The van der Waals surface area contributed by atoms with Gasteiger partial charge in [0.05, 0.1) is 0 Å². The molecule has 0 heterocycles. The average molecular weight is 278 g/mol. The van der Waals surface area contributed by atoms with Crippen LogP contribution in [0.3, 0.4) is 0 Å². The molecule has 0 spiro atoms. The highest BCUT2D eigenvalue weighted by Crippen LogP contribution is 2.14. The van der Waals surface area contributed by atoms with E-state index in [2.05, 4.69) is 26.2 Å². The number of rotatable bonds is 8. The van der Waals surface area contributed by atoms with Gasteiger partial charge in [0, 0.05) is 0 Å². The molecule has 1 aromatic carbocycles. The fourth-order valence-electron chi connectivity index (χ4n) is 1.30. The fourth-order valence-corrected chi connectivity index (χ4v) is 2.01. The lowest BCUT2D eigenvalue weighted by molar-refractivity contribution is 0.0751. The Hall–Kier alpha value is -1.68. The van der Waals surface area contributed by atoms with Crippen LogP contribution in [0.1, 0.15) is 5.56 Å². The molecule has 0 saturated carbocycles. The van der Waals surface area contributed by atoms with Crippen molar-refractivity contribution in [2.24, 2.45) is 0 Å². The minimum Gasteiger partial charge on any atom is -0.518 e. The van der Waals surface area contributed by atoms with E-state index in [1.165, 1.54) is 6.26 Å². The van der Waals surface area contributed by atoms with Gasteiger partial charge >= 0.3 is 5.95 Å². The summed E-state index contributed by atoms with van der Waals surface area (Å²) in [6.45, 7) is 10.8. The van der Waals surface area contributed by atoms with E-state index in [9.17, 15) is 0 Å². The maximum Gasteiger partial charge on any atom is 0.302 e. The van der Waals surface area contributed by atoms with Crippen molar-refractivity contribution < 1.29 is 13.9 Å². The van der Waals surface area contributed by atoms with Crippen molar-refractivity contribution in [2.45, 2.75) is 26.2 Å². The summed E-state index contributed by atoms with van der Waals surface area (Å²) in [4.78, 5) is 0. The van der Waals surface area contributed by atoms with Crippen molar-refractivity contribution in [2.75, 3.05) is 6.61 Å². The Bertz CT molecular complexity index is 407. The molecule has 0 N–H and O–H groups in total. The van der Waals surface area contributed by atoms with Crippen LogP contribution in [-0.4, -0.2) is 14.9 Å². The second-order valence-electron chi connectivity index (χ2n) is 5.05. The van der Waals surface area contributed by atoms with Crippen molar-refractivity contribution >= 4 is 8.32 Å². The van der Waals surface area contributed by atoms with E-state index in [0.29, 0.717) is 19.2 Å². The molecule has 4 heteroatoms. The molecule has 1 aromatic rings. The highest BCUT2D eigenvalue weighted by molar-refractivity contribution is 6.69. The van der Waals surface area contributed by atoms with Gasteiger partial charge in [0.15, 0.2) is 6.26 Å². The minimum atomic E-state index is -1.72. The normalized spacial score (nSPS) is 11.8. The maximum atomic E-state index is 5.82. The van der Waals surface area contributed by atoms with Gasteiger partial charge in [0.2, 0.25) is 8.32 Å². The van der Waals surface area contributed by atoms with Gasteiger partial charge in [-0.1, -0.05) is 43.0 Å². The van der Waals surface area contributed by atoms with Crippen LogP contribution in [0.15, 0.2) is 55.2 Å². The quantitative estimate of drug-likeness (QED) is 0.311. The lowest BCUT2D eigenvalue weighted by Gasteiger charge is -2.21. The van der Waals surface area contributed by atoms with Crippen LogP contribution in [0.5, 0.6) is 0 Å². The molecule has 0 aliphatic heterocycles. The van der Waals surface area contributed by atoms with Crippen molar-refractivity contribution in [3.05, 3.63) is 60.8 Å². The van der Waals surface area contributed by atoms with E-state index in [1.54, 1.807) is 6.08 Å². The van der Waals surface area contributed by atoms with E-state index >= 15 is 0 Å². The first-order valence-corrected chi connectivity index (χ1v) is 9.70. The molecule has 19 heavy (non-hydrogen) atoms. The molecule has 1 rings (SSSR count). The van der Waals surface area contributed by atoms with Crippen LogP contribution in [0, 0.1) is 0 Å². The van der Waals surface area contributed by atoms with Gasteiger partial charge in [0.25, 0.3) is 0 Å². The topological polar surface area (TPSA) is 27.7 Å². The molecule has 0 fully saturated rings. The first kappa shape index (κ1) is 15.4. The van der Waals surface area contributed by atoms with Crippen LogP contribution in [0.2, 0.25) is 19.6 Å². The third kappa shape index (κ3) is 7.36. The number of hydrogen-bond acceptors (Lipinski definition) is 3. The Morgan fingerprint density at radius 3 is 2.47 bits per heavy atom. The molecule has 0 aliphatic carbocycles. The molecule has 0 amide bonds. The van der Waals surface area contributed by atoms with Crippen LogP contribution in [0.4, 0.5) is 0 Å². The van der Waals surface area contributed by atoms with Gasteiger partial charge in [-0.15, -0.1) is 0 Å². The summed E-state index contributed by atoms with van der Waals surface area (Å²) in [6.07, 6.45) is 3.20. The average Bonchev–Trinajstić information content (AvgIpc) is 2.36. The number of hydrogen-bond donors (Lipinski definition) is 0. The molecule has 0 unspecified atom stereocenters. The Kier molecular flexibility index (Phi) is 6.22. The van der Waals surface area contributed by atoms with Gasteiger partial charge in [-0.25, -0.2) is 0 Å². The molecular formula is C15H22O3Si. The lowest BCUT2D eigenvalue weighted by Crippen LogP contribution is -2.25. The minimum absolute atomic E-state index is 0.435. The highest BCUT2D eigenvalue weighted by atomic mass is 28.4. The van der Waals surface area contributed by atoms with Gasteiger partial charge < -0.3 is 13.9 Å². The zero-order valence-corrected chi connectivity index (χ0v) is 12.9. The SMILES string of the molecule is C=CCO/C=C(/OCc1ccccc1)O[Si](C)(C)C.